The van der Waals surface area contributed by atoms with Crippen LogP contribution in [0.2, 0.25) is 10.0 Å². The molecule has 0 aliphatic heterocycles. The number of benzene rings is 2. The standard InChI is InChI=1S/C20H21Cl2N3O3/c1-13(2)10-23-19(26)20(27)25-24-11-14-7-8-18(17(22)9-14)28-12-15-5-3-4-6-16(15)21/h3-9,11,13H,10,12H2,1-2H3,(H,23,26)(H,25,27)/b24-11-. The first kappa shape index (κ1) is 21.7. The van der Waals surface area contributed by atoms with Gasteiger partial charge in [0.25, 0.3) is 0 Å². The van der Waals surface area contributed by atoms with Gasteiger partial charge in [-0.3, -0.25) is 9.59 Å². The molecule has 0 spiro atoms. The summed E-state index contributed by atoms with van der Waals surface area (Å²) in [6, 6.07) is 12.4. The maximum Gasteiger partial charge on any atom is 0.329 e. The van der Waals surface area contributed by atoms with E-state index in [0.717, 1.165) is 5.56 Å². The molecule has 0 fully saturated rings. The Morgan fingerprint density at radius 2 is 1.86 bits per heavy atom. The molecule has 0 aromatic heterocycles. The van der Waals surface area contributed by atoms with Crippen molar-refractivity contribution in [3.05, 3.63) is 63.6 Å². The molecule has 0 aliphatic rings. The normalized spacial score (nSPS) is 10.9. The summed E-state index contributed by atoms with van der Waals surface area (Å²) in [7, 11) is 0. The van der Waals surface area contributed by atoms with Crippen LogP contribution in [-0.2, 0) is 16.2 Å². The van der Waals surface area contributed by atoms with Crippen LogP contribution in [-0.4, -0.2) is 24.6 Å². The van der Waals surface area contributed by atoms with Crippen LogP contribution in [0, 0.1) is 5.92 Å². The Kier molecular flexibility index (Phi) is 8.29. The number of hydrazone groups is 1. The van der Waals surface area contributed by atoms with Crippen molar-refractivity contribution in [3.8, 4) is 5.75 Å². The van der Waals surface area contributed by atoms with Crippen LogP contribution in [0.4, 0.5) is 0 Å². The highest BCUT2D eigenvalue weighted by molar-refractivity contribution is 6.35. The number of amides is 2. The second-order valence-corrected chi connectivity index (χ2v) is 7.19. The Bertz CT molecular complexity index is 870. The monoisotopic (exact) mass is 421 g/mol. The highest BCUT2D eigenvalue weighted by atomic mass is 35.5. The molecule has 0 radical (unpaired) electrons. The highest BCUT2D eigenvalue weighted by Crippen LogP contribution is 2.26. The molecular formula is C20H21Cl2N3O3. The molecule has 0 bridgehead atoms. The summed E-state index contributed by atoms with van der Waals surface area (Å²) in [5.41, 5.74) is 3.66. The van der Waals surface area contributed by atoms with Gasteiger partial charge in [-0.05, 0) is 35.7 Å². The largest absolute Gasteiger partial charge is 0.487 e. The van der Waals surface area contributed by atoms with Crippen LogP contribution >= 0.6 is 23.2 Å². The Balaban J connectivity index is 1.89. The first-order chi connectivity index (χ1) is 13.4. The number of ether oxygens (including phenoxy) is 1. The summed E-state index contributed by atoms with van der Waals surface area (Å²) in [6.07, 6.45) is 1.39. The predicted molar refractivity (Wildman–Crippen MR) is 111 cm³/mol. The zero-order valence-corrected chi connectivity index (χ0v) is 17.1. The van der Waals surface area contributed by atoms with Crippen LogP contribution < -0.4 is 15.5 Å². The molecule has 2 rings (SSSR count). The molecule has 0 heterocycles. The van der Waals surface area contributed by atoms with Crippen molar-refractivity contribution in [2.75, 3.05) is 6.54 Å². The van der Waals surface area contributed by atoms with Gasteiger partial charge >= 0.3 is 11.8 Å². The number of hydrogen-bond acceptors (Lipinski definition) is 4. The molecule has 6 nitrogen and oxygen atoms in total. The maximum atomic E-state index is 11.6. The lowest BCUT2D eigenvalue weighted by Gasteiger charge is -2.09. The van der Waals surface area contributed by atoms with Gasteiger partial charge in [-0.2, -0.15) is 5.10 Å². The SMILES string of the molecule is CC(C)CNC(=O)C(=O)N/N=C\c1ccc(OCc2ccccc2Cl)c(Cl)c1. The van der Waals surface area contributed by atoms with Crippen molar-refractivity contribution in [1.29, 1.82) is 0 Å². The van der Waals surface area contributed by atoms with E-state index >= 15 is 0 Å². The zero-order valence-electron chi connectivity index (χ0n) is 15.5. The second-order valence-electron chi connectivity index (χ2n) is 6.37. The van der Waals surface area contributed by atoms with Crippen molar-refractivity contribution in [2.45, 2.75) is 20.5 Å². The summed E-state index contributed by atoms with van der Waals surface area (Å²) in [6.45, 7) is 4.57. The Hall–Kier alpha value is -2.57. The van der Waals surface area contributed by atoms with Gasteiger partial charge in [0.2, 0.25) is 0 Å². The minimum atomic E-state index is -0.831. The lowest BCUT2D eigenvalue weighted by Crippen LogP contribution is -2.39. The molecule has 0 atom stereocenters. The van der Waals surface area contributed by atoms with Gasteiger partial charge in [0.05, 0.1) is 11.2 Å². The number of nitrogens with one attached hydrogen (secondary N) is 2. The molecule has 148 valence electrons. The highest BCUT2D eigenvalue weighted by Gasteiger charge is 2.12. The predicted octanol–water partition coefficient (Wildman–Crippen LogP) is 3.79. The van der Waals surface area contributed by atoms with Crippen LogP contribution in [0.25, 0.3) is 0 Å². The zero-order chi connectivity index (χ0) is 20.5. The topological polar surface area (TPSA) is 79.8 Å². The van der Waals surface area contributed by atoms with E-state index in [1.54, 1.807) is 24.3 Å². The van der Waals surface area contributed by atoms with E-state index in [1.165, 1.54) is 6.21 Å². The van der Waals surface area contributed by atoms with E-state index in [0.29, 0.717) is 27.9 Å². The first-order valence-electron chi connectivity index (χ1n) is 8.63. The average Bonchev–Trinajstić information content (AvgIpc) is 2.66. The van der Waals surface area contributed by atoms with Crippen LogP contribution in [0.15, 0.2) is 47.6 Å². The molecule has 0 saturated heterocycles. The number of carbonyl (C=O) groups is 2. The van der Waals surface area contributed by atoms with E-state index < -0.39 is 11.8 Å². The van der Waals surface area contributed by atoms with Crippen LogP contribution in [0.1, 0.15) is 25.0 Å². The minimum absolute atomic E-state index is 0.251. The fourth-order valence-electron chi connectivity index (χ4n) is 2.08. The molecule has 2 amide bonds. The number of hydrogen-bond donors (Lipinski definition) is 2. The lowest BCUT2D eigenvalue weighted by atomic mass is 10.2. The summed E-state index contributed by atoms with van der Waals surface area (Å²) in [4.78, 5) is 23.2. The summed E-state index contributed by atoms with van der Waals surface area (Å²) in [5, 5.41) is 7.28. The first-order valence-corrected chi connectivity index (χ1v) is 9.39. The Morgan fingerprint density at radius 1 is 1.11 bits per heavy atom. The minimum Gasteiger partial charge on any atom is -0.487 e. The third-order valence-electron chi connectivity index (χ3n) is 3.55. The molecule has 0 unspecified atom stereocenters. The Labute approximate surface area is 173 Å². The van der Waals surface area contributed by atoms with Crippen molar-refractivity contribution in [3.63, 3.8) is 0 Å². The maximum absolute atomic E-state index is 11.6. The van der Waals surface area contributed by atoms with E-state index in [4.69, 9.17) is 27.9 Å². The van der Waals surface area contributed by atoms with E-state index in [2.05, 4.69) is 15.8 Å². The number of nitrogens with zero attached hydrogens (tertiary/aromatic N) is 1. The molecule has 0 saturated carbocycles. The van der Waals surface area contributed by atoms with Crippen molar-refractivity contribution >= 4 is 41.2 Å². The van der Waals surface area contributed by atoms with E-state index in [-0.39, 0.29) is 12.5 Å². The van der Waals surface area contributed by atoms with Crippen LogP contribution in [0.5, 0.6) is 5.75 Å². The molecule has 8 heteroatoms. The van der Waals surface area contributed by atoms with Crippen LogP contribution in [0.3, 0.4) is 0 Å². The van der Waals surface area contributed by atoms with Crippen molar-refractivity contribution in [2.24, 2.45) is 11.0 Å². The van der Waals surface area contributed by atoms with Gasteiger partial charge in [0, 0.05) is 17.1 Å². The number of carbonyl (C=O) groups excluding carboxylic acids is 2. The summed E-state index contributed by atoms with van der Waals surface area (Å²) in [5.74, 6) is -0.813. The molecule has 2 N–H and O–H groups in total. The fraction of sp³-hybridized carbons (Fsp3) is 0.250. The van der Waals surface area contributed by atoms with Crippen molar-refractivity contribution < 1.29 is 14.3 Å². The molecular weight excluding hydrogens is 401 g/mol. The van der Waals surface area contributed by atoms with Gasteiger partial charge < -0.3 is 10.1 Å². The van der Waals surface area contributed by atoms with Crippen molar-refractivity contribution in [1.82, 2.24) is 10.7 Å². The third-order valence-corrected chi connectivity index (χ3v) is 4.22. The average molecular weight is 422 g/mol. The number of rotatable bonds is 7. The van der Waals surface area contributed by atoms with Gasteiger partial charge in [0.1, 0.15) is 12.4 Å². The van der Waals surface area contributed by atoms with Gasteiger partial charge in [0.15, 0.2) is 0 Å². The molecule has 2 aromatic carbocycles. The van der Waals surface area contributed by atoms with Gasteiger partial charge in [-0.1, -0.05) is 55.2 Å². The summed E-state index contributed by atoms with van der Waals surface area (Å²) < 4.78 is 5.70. The Morgan fingerprint density at radius 3 is 2.54 bits per heavy atom. The molecule has 28 heavy (non-hydrogen) atoms. The third kappa shape index (κ3) is 6.87. The second kappa shape index (κ2) is 10.7. The van der Waals surface area contributed by atoms with E-state index in [1.807, 2.05) is 32.0 Å². The fourth-order valence-corrected chi connectivity index (χ4v) is 2.51. The lowest BCUT2D eigenvalue weighted by molar-refractivity contribution is -0.139. The van der Waals surface area contributed by atoms with Gasteiger partial charge in [-0.25, -0.2) is 5.43 Å². The number of halogens is 2. The smallest absolute Gasteiger partial charge is 0.329 e. The molecule has 0 aliphatic carbocycles. The van der Waals surface area contributed by atoms with Gasteiger partial charge in [-0.15, -0.1) is 0 Å². The quantitative estimate of drug-likeness (QED) is 0.405. The molecule has 2 aromatic rings. The summed E-state index contributed by atoms with van der Waals surface area (Å²) >= 11 is 12.3. The van der Waals surface area contributed by atoms with E-state index in [9.17, 15) is 9.59 Å².